The zero-order valence-corrected chi connectivity index (χ0v) is 18.2. The fraction of sp³-hybridized carbons (Fsp3) is 0.280. The van der Waals surface area contributed by atoms with Crippen LogP contribution in [0.15, 0.2) is 60.9 Å². The molecule has 2 aliphatic rings. The summed E-state index contributed by atoms with van der Waals surface area (Å²) in [6.07, 6.45) is 6.83. The van der Waals surface area contributed by atoms with Crippen LogP contribution in [0.5, 0.6) is 0 Å². The Morgan fingerprint density at radius 2 is 1.76 bits per heavy atom. The predicted octanol–water partition coefficient (Wildman–Crippen LogP) is 3.52. The second-order valence-electron chi connectivity index (χ2n) is 8.10. The minimum absolute atomic E-state index is 0.533. The van der Waals surface area contributed by atoms with E-state index in [1.165, 1.54) is 5.57 Å². The van der Waals surface area contributed by atoms with Crippen molar-refractivity contribution in [2.24, 2.45) is 0 Å². The van der Waals surface area contributed by atoms with E-state index in [1.54, 1.807) is 4.68 Å². The maximum atomic E-state index is 5.56. The number of hydrogen-bond donors (Lipinski definition) is 0. The third-order valence-electron chi connectivity index (χ3n) is 6.01. The predicted molar refractivity (Wildman–Crippen MR) is 126 cm³/mol. The molecular formula is C25H24N6O2. The lowest BCUT2D eigenvalue weighted by Crippen LogP contribution is -2.37. The van der Waals surface area contributed by atoms with E-state index in [0.717, 1.165) is 59.8 Å². The van der Waals surface area contributed by atoms with E-state index in [-0.39, 0.29) is 0 Å². The van der Waals surface area contributed by atoms with Crippen molar-refractivity contribution in [2.45, 2.75) is 6.42 Å². The molecule has 2 aliphatic heterocycles. The SMILES string of the molecule is C1=C(c2cnc3c(N4CCOCC4)nc(-n4ccc(-c5ccccc5)n4)nc3c2)CCOC1. The molecule has 5 heterocycles. The van der Waals surface area contributed by atoms with E-state index in [2.05, 4.69) is 17.0 Å². The molecule has 166 valence electrons. The van der Waals surface area contributed by atoms with E-state index in [0.29, 0.717) is 25.8 Å². The third kappa shape index (κ3) is 3.99. The lowest BCUT2D eigenvalue weighted by atomic mass is 10.0. The second-order valence-corrected chi connectivity index (χ2v) is 8.10. The topological polar surface area (TPSA) is 78.2 Å². The number of rotatable bonds is 4. The number of anilines is 1. The van der Waals surface area contributed by atoms with Crippen molar-refractivity contribution in [1.29, 1.82) is 0 Å². The first kappa shape index (κ1) is 20.0. The van der Waals surface area contributed by atoms with Gasteiger partial charge in [-0.3, -0.25) is 4.98 Å². The molecule has 33 heavy (non-hydrogen) atoms. The molecule has 8 heteroatoms. The second kappa shape index (κ2) is 8.73. The fourth-order valence-corrected chi connectivity index (χ4v) is 4.25. The van der Waals surface area contributed by atoms with E-state index < -0.39 is 0 Å². The molecule has 8 nitrogen and oxygen atoms in total. The van der Waals surface area contributed by atoms with E-state index >= 15 is 0 Å². The largest absolute Gasteiger partial charge is 0.378 e. The number of aromatic nitrogens is 5. The average molecular weight is 441 g/mol. The third-order valence-corrected chi connectivity index (χ3v) is 6.01. The Hall–Kier alpha value is -3.62. The Morgan fingerprint density at radius 1 is 0.879 bits per heavy atom. The molecular weight excluding hydrogens is 416 g/mol. The highest BCUT2D eigenvalue weighted by atomic mass is 16.5. The van der Waals surface area contributed by atoms with Gasteiger partial charge in [0.1, 0.15) is 5.52 Å². The first-order valence-electron chi connectivity index (χ1n) is 11.2. The van der Waals surface area contributed by atoms with E-state index in [4.69, 9.17) is 29.5 Å². The summed E-state index contributed by atoms with van der Waals surface area (Å²) in [6.45, 7) is 4.25. The van der Waals surface area contributed by atoms with Crippen molar-refractivity contribution in [3.05, 3.63) is 66.5 Å². The zero-order valence-electron chi connectivity index (χ0n) is 18.2. The molecule has 0 N–H and O–H groups in total. The average Bonchev–Trinajstić information content (AvgIpc) is 3.40. The maximum absolute atomic E-state index is 5.56. The summed E-state index contributed by atoms with van der Waals surface area (Å²) in [4.78, 5) is 16.8. The summed E-state index contributed by atoms with van der Waals surface area (Å²) in [5, 5.41) is 4.76. The minimum atomic E-state index is 0.533. The number of morpholine rings is 1. The van der Waals surface area contributed by atoms with Gasteiger partial charge in [-0.05, 0) is 29.7 Å². The Kier molecular flexibility index (Phi) is 5.29. The van der Waals surface area contributed by atoms with Gasteiger partial charge in [0.05, 0.1) is 37.6 Å². The van der Waals surface area contributed by atoms with Crippen molar-refractivity contribution >= 4 is 22.4 Å². The number of pyridine rings is 1. The van der Waals surface area contributed by atoms with Gasteiger partial charge in [0.15, 0.2) is 5.82 Å². The highest BCUT2D eigenvalue weighted by Gasteiger charge is 2.20. The van der Waals surface area contributed by atoms with Crippen molar-refractivity contribution in [1.82, 2.24) is 24.7 Å². The summed E-state index contributed by atoms with van der Waals surface area (Å²) in [5.74, 6) is 1.36. The number of benzene rings is 1. The van der Waals surface area contributed by atoms with Gasteiger partial charge in [-0.25, -0.2) is 9.67 Å². The Labute approximate surface area is 191 Å². The lowest BCUT2D eigenvalue weighted by Gasteiger charge is -2.28. The first-order chi connectivity index (χ1) is 16.3. The standard InChI is InChI=1S/C25H24N6O2/c1-2-4-19(5-3-1)21-6-9-31(29-21)25-27-22-16-20(18-7-12-32-13-8-18)17-26-23(22)24(28-25)30-10-14-33-15-11-30/h1-7,9,16-17H,8,10-15H2. The summed E-state index contributed by atoms with van der Waals surface area (Å²) >= 11 is 0. The highest BCUT2D eigenvalue weighted by molar-refractivity contribution is 5.88. The van der Waals surface area contributed by atoms with Gasteiger partial charge in [0, 0.05) is 31.0 Å². The van der Waals surface area contributed by atoms with Crippen LogP contribution in [0, 0.1) is 0 Å². The highest BCUT2D eigenvalue weighted by Crippen LogP contribution is 2.28. The van der Waals surface area contributed by atoms with Crippen LogP contribution in [0.4, 0.5) is 5.82 Å². The molecule has 0 bridgehead atoms. The first-order valence-corrected chi connectivity index (χ1v) is 11.2. The summed E-state index contributed by atoms with van der Waals surface area (Å²) < 4.78 is 12.8. The maximum Gasteiger partial charge on any atom is 0.253 e. The molecule has 0 saturated carbocycles. The lowest BCUT2D eigenvalue weighted by molar-refractivity contribution is 0.122. The molecule has 3 aromatic heterocycles. The number of hydrogen-bond acceptors (Lipinski definition) is 7. The number of ether oxygens (including phenoxy) is 2. The van der Waals surface area contributed by atoms with Crippen LogP contribution in [0.3, 0.4) is 0 Å². The molecule has 0 amide bonds. The van der Waals surface area contributed by atoms with Crippen LogP contribution in [0.2, 0.25) is 0 Å². The summed E-state index contributed by atoms with van der Waals surface area (Å²) in [7, 11) is 0. The van der Waals surface area contributed by atoms with Gasteiger partial charge in [-0.2, -0.15) is 10.1 Å². The molecule has 0 unspecified atom stereocenters. The van der Waals surface area contributed by atoms with Crippen LogP contribution >= 0.6 is 0 Å². The van der Waals surface area contributed by atoms with Crippen molar-refractivity contribution in [3.63, 3.8) is 0 Å². The minimum Gasteiger partial charge on any atom is -0.378 e. The Morgan fingerprint density at radius 3 is 2.58 bits per heavy atom. The molecule has 1 aromatic carbocycles. The van der Waals surface area contributed by atoms with E-state index in [9.17, 15) is 0 Å². The van der Waals surface area contributed by atoms with Crippen LogP contribution in [-0.2, 0) is 9.47 Å². The Bertz CT molecular complexity index is 1310. The van der Waals surface area contributed by atoms with Crippen LogP contribution < -0.4 is 4.90 Å². The smallest absolute Gasteiger partial charge is 0.253 e. The molecule has 6 rings (SSSR count). The molecule has 0 aliphatic carbocycles. The van der Waals surface area contributed by atoms with Crippen LogP contribution in [0.1, 0.15) is 12.0 Å². The van der Waals surface area contributed by atoms with Gasteiger partial charge in [0.2, 0.25) is 0 Å². The van der Waals surface area contributed by atoms with Gasteiger partial charge in [-0.1, -0.05) is 36.4 Å². The van der Waals surface area contributed by atoms with Gasteiger partial charge < -0.3 is 14.4 Å². The number of nitrogens with zero attached hydrogens (tertiary/aromatic N) is 6. The van der Waals surface area contributed by atoms with Gasteiger partial charge >= 0.3 is 0 Å². The van der Waals surface area contributed by atoms with Crippen molar-refractivity contribution in [2.75, 3.05) is 44.4 Å². The molecule has 0 atom stereocenters. The fourth-order valence-electron chi connectivity index (χ4n) is 4.25. The Balaban J connectivity index is 1.46. The number of fused-ring (bicyclic) bond motifs is 1. The van der Waals surface area contributed by atoms with E-state index in [1.807, 2.05) is 48.8 Å². The quantitative estimate of drug-likeness (QED) is 0.480. The summed E-state index contributed by atoms with van der Waals surface area (Å²) in [6, 6.07) is 14.2. The summed E-state index contributed by atoms with van der Waals surface area (Å²) in [5.41, 5.74) is 5.87. The van der Waals surface area contributed by atoms with Crippen LogP contribution in [0.25, 0.3) is 33.8 Å². The van der Waals surface area contributed by atoms with Crippen LogP contribution in [-0.4, -0.2) is 64.2 Å². The normalized spacial score (nSPS) is 16.7. The van der Waals surface area contributed by atoms with Crippen molar-refractivity contribution < 1.29 is 9.47 Å². The molecule has 0 radical (unpaired) electrons. The molecule has 4 aromatic rings. The molecule has 1 saturated heterocycles. The van der Waals surface area contributed by atoms with Gasteiger partial charge in [0.25, 0.3) is 5.95 Å². The van der Waals surface area contributed by atoms with Crippen molar-refractivity contribution in [3.8, 4) is 17.2 Å². The zero-order chi connectivity index (χ0) is 22.0. The van der Waals surface area contributed by atoms with Gasteiger partial charge in [-0.15, -0.1) is 0 Å². The monoisotopic (exact) mass is 440 g/mol. The molecule has 1 fully saturated rings. The molecule has 0 spiro atoms.